The first kappa shape index (κ1) is 13.7. The largest absolute Gasteiger partial charge is 0.311 e. The average molecular weight is 234 g/mol. The number of hydrogen-bond acceptors (Lipinski definition) is 2. The van der Waals surface area contributed by atoms with Crippen LogP contribution in [0.5, 0.6) is 0 Å². The average Bonchev–Trinajstić information content (AvgIpc) is 2.31. The smallest absolute Gasteiger partial charge is 0.223 e. The van der Waals surface area contributed by atoms with Gasteiger partial charge in [-0.2, -0.15) is 0 Å². The third-order valence-electron chi connectivity index (χ3n) is 2.97. The number of benzene rings is 1. The molecule has 0 N–H and O–H groups in total. The summed E-state index contributed by atoms with van der Waals surface area (Å²) in [5.41, 5.74) is 2.19. The Kier molecular flexibility index (Phi) is 5.16. The molecule has 0 aromatic heterocycles. The van der Waals surface area contributed by atoms with Gasteiger partial charge in [0.1, 0.15) is 0 Å². The van der Waals surface area contributed by atoms with Crippen molar-refractivity contribution in [2.75, 3.05) is 31.6 Å². The third-order valence-corrected chi connectivity index (χ3v) is 2.97. The minimum absolute atomic E-state index is 0.0957. The summed E-state index contributed by atoms with van der Waals surface area (Å²) < 4.78 is 0. The molecule has 94 valence electrons. The van der Waals surface area contributed by atoms with E-state index in [-0.39, 0.29) is 5.91 Å². The van der Waals surface area contributed by atoms with Gasteiger partial charge in [0, 0.05) is 25.7 Å². The van der Waals surface area contributed by atoms with Gasteiger partial charge in [-0.1, -0.05) is 24.6 Å². The maximum Gasteiger partial charge on any atom is 0.223 e. The van der Waals surface area contributed by atoms with Gasteiger partial charge < -0.3 is 9.80 Å². The highest BCUT2D eigenvalue weighted by Gasteiger charge is 2.11. The quantitative estimate of drug-likeness (QED) is 0.780. The zero-order valence-corrected chi connectivity index (χ0v) is 11.2. The monoisotopic (exact) mass is 234 g/mol. The molecule has 1 rings (SSSR count). The highest BCUT2D eigenvalue weighted by molar-refractivity contribution is 5.91. The lowest BCUT2D eigenvalue weighted by Gasteiger charge is -2.24. The Balaban J connectivity index is 2.72. The van der Waals surface area contributed by atoms with Crippen LogP contribution in [0.2, 0.25) is 0 Å². The van der Waals surface area contributed by atoms with E-state index in [9.17, 15) is 4.79 Å². The minimum atomic E-state index is 0.0957. The van der Waals surface area contributed by atoms with E-state index in [0.29, 0.717) is 0 Å². The second kappa shape index (κ2) is 6.40. The van der Waals surface area contributed by atoms with Crippen molar-refractivity contribution in [2.45, 2.75) is 20.8 Å². The van der Waals surface area contributed by atoms with Crippen molar-refractivity contribution in [3.8, 4) is 0 Å². The lowest BCUT2D eigenvalue weighted by atomic mass is 10.2. The number of likely N-dealkylation sites (N-methyl/N-ethyl adjacent to an activating group) is 1. The zero-order valence-electron chi connectivity index (χ0n) is 11.2. The number of aryl methyl sites for hydroxylation is 1. The number of rotatable bonds is 5. The molecule has 0 saturated heterocycles. The Morgan fingerprint density at radius 1 is 1.18 bits per heavy atom. The highest BCUT2D eigenvalue weighted by atomic mass is 16.2. The van der Waals surface area contributed by atoms with Crippen LogP contribution in [-0.2, 0) is 4.79 Å². The van der Waals surface area contributed by atoms with Crippen molar-refractivity contribution in [2.24, 2.45) is 0 Å². The maximum atomic E-state index is 11.6. The van der Waals surface area contributed by atoms with Gasteiger partial charge in [-0.3, -0.25) is 4.79 Å². The van der Waals surface area contributed by atoms with Crippen molar-refractivity contribution in [3.05, 3.63) is 29.8 Å². The molecule has 3 nitrogen and oxygen atoms in total. The van der Waals surface area contributed by atoms with Crippen molar-refractivity contribution in [1.29, 1.82) is 0 Å². The fourth-order valence-electron chi connectivity index (χ4n) is 1.62. The third kappa shape index (κ3) is 4.19. The Morgan fingerprint density at radius 3 is 2.24 bits per heavy atom. The van der Waals surface area contributed by atoms with Gasteiger partial charge >= 0.3 is 0 Å². The molecule has 1 amide bonds. The number of carbonyl (C=O) groups is 1. The summed E-state index contributed by atoms with van der Waals surface area (Å²) in [5, 5.41) is 0. The van der Waals surface area contributed by atoms with Crippen LogP contribution in [-0.4, -0.2) is 37.5 Å². The van der Waals surface area contributed by atoms with Gasteiger partial charge in [0.05, 0.1) is 0 Å². The van der Waals surface area contributed by atoms with E-state index in [1.54, 1.807) is 6.92 Å². The molecule has 0 bridgehead atoms. The molecule has 17 heavy (non-hydrogen) atoms. The molecular formula is C14H22N2O. The van der Waals surface area contributed by atoms with Gasteiger partial charge in [0.2, 0.25) is 5.91 Å². The Hall–Kier alpha value is -1.35. The van der Waals surface area contributed by atoms with E-state index >= 15 is 0 Å². The predicted octanol–water partition coefficient (Wildman–Crippen LogP) is 2.30. The second-order valence-corrected chi connectivity index (χ2v) is 4.40. The highest BCUT2D eigenvalue weighted by Crippen LogP contribution is 2.15. The van der Waals surface area contributed by atoms with Gasteiger partial charge in [0.25, 0.3) is 0 Å². The van der Waals surface area contributed by atoms with E-state index in [1.165, 1.54) is 5.56 Å². The van der Waals surface area contributed by atoms with E-state index < -0.39 is 0 Å². The lowest BCUT2D eigenvalue weighted by molar-refractivity contribution is -0.116. The molecule has 0 atom stereocenters. The molecule has 3 heteroatoms. The molecule has 0 aliphatic rings. The first-order chi connectivity index (χ1) is 8.04. The molecule has 0 aliphatic carbocycles. The molecule has 0 heterocycles. The topological polar surface area (TPSA) is 23.6 Å². The van der Waals surface area contributed by atoms with Crippen LogP contribution < -0.4 is 4.90 Å². The summed E-state index contributed by atoms with van der Waals surface area (Å²) in [5.74, 6) is 0.0957. The molecule has 0 unspecified atom stereocenters. The lowest BCUT2D eigenvalue weighted by Crippen LogP contribution is -2.36. The first-order valence-electron chi connectivity index (χ1n) is 6.08. The van der Waals surface area contributed by atoms with Gasteiger partial charge in [-0.15, -0.1) is 0 Å². The van der Waals surface area contributed by atoms with E-state index in [4.69, 9.17) is 0 Å². The molecular weight excluding hydrogens is 212 g/mol. The van der Waals surface area contributed by atoms with Crippen LogP contribution in [0.4, 0.5) is 5.69 Å². The Labute approximate surface area is 104 Å². The van der Waals surface area contributed by atoms with Crippen LogP contribution in [0.3, 0.4) is 0 Å². The van der Waals surface area contributed by atoms with Crippen molar-refractivity contribution < 1.29 is 4.79 Å². The molecule has 1 aromatic carbocycles. The fourth-order valence-corrected chi connectivity index (χ4v) is 1.62. The van der Waals surface area contributed by atoms with Crippen molar-refractivity contribution >= 4 is 11.6 Å². The van der Waals surface area contributed by atoms with E-state index in [2.05, 4.69) is 18.9 Å². The zero-order chi connectivity index (χ0) is 12.8. The van der Waals surface area contributed by atoms with Crippen LogP contribution in [0, 0.1) is 6.92 Å². The first-order valence-corrected chi connectivity index (χ1v) is 6.08. The van der Waals surface area contributed by atoms with Gasteiger partial charge in [-0.05, 0) is 32.6 Å². The van der Waals surface area contributed by atoms with Gasteiger partial charge in [0.15, 0.2) is 0 Å². The molecule has 0 radical (unpaired) electrons. The van der Waals surface area contributed by atoms with Crippen LogP contribution in [0.15, 0.2) is 24.3 Å². The Bertz CT molecular complexity index is 359. The number of anilines is 1. The molecule has 0 fully saturated rings. The van der Waals surface area contributed by atoms with Crippen LogP contribution >= 0.6 is 0 Å². The van der Waals surface area contributed by atoms with Gasteiger partial charge in [-0.25, -0.2) is 0 Å². The normalized spacial score (nSPS) is 10.6. The molecule has 0 spiro atoms. The summed E-state index contributed by atoms with van der Waals surface area (Å²) in [6, 6.07) is 8.08. The number of hydrogen-bond donors (Lipinski definition) is 0. The summed E-state index contributed by atoms with van der Waals surface area (Å²) in [7, 11) is 2.06. The summed E-state index contributed by atoms with van der Waals surface area (Å²) >= 11 is 0. The fraction of sp³-hybridized carbons (Fsp3) is 0.500. The standard InChI is InChI=1S/C14H22N2O/c1-5-15(4)10-11-16(13(3)17)14-8-6-12(2)7-9-14/h6-9H,5,10-11H2,1-4H3. The Morgan fingerprint density at radius 2 is 1.76 bits per heavy atom. The molecule has 0 saturated carbocycles. The number of carbonyl (C=O) groups excluding carboxylic acids is 1. The van der Waals surface area contributed by atoms with Crippen LogP contribution in [0.25, 0.3) is 0 Å². The van der Waals surface area contributed by atoms with Crippen molar-refractivity contribution in [3.63, 3.8) is 0 Å². The SMILES string of the molecule is CCN(C)CCN(C(C)=O)c1ccc(C)cc1. The predicted molar refractivity (Wildman–Crippen MR) is 72.4 cm³/mol. The van der Waals surface area contributed by atoms with Crippen LogP contribution in [0.1, 0.15) is 19.4 Å². The minimum Gasteiger partial charge on any atom is -0.311 e. The molecule has 1 aromatic rings. The van der Waals surface area contributed by atoms with E-state index in [0.717, 1.165) is 25.3 Å². The molecule has 0 aliphatic heterocycles. The van der Waals surface area contributed by atoms with E-state index in [1.807, 2.05) is 36.1 Å². The summed E-state index contributed by atoms with van der Waals surface area (Å²) in [6.07, 6.45) is 0. The maximum absolute atomic E-state index is 11.6. The second-order valence-electron chi connectivity index (χ2n) is 4.40. The van der Waals surface area contributed by atoms with Crippen molar-refractivity contribution in [1.82, 2.24) is 4.90 Å². The number of amides is 1. The summed E-state index contributed by atoms with van der Waals surface area (Å²) in [6.45, 7) is 8.41. The number of nitrogens with zero attached hydrogens (tertiary/aromatic N) is 2. The summed E-state index contributed by atoms with van der Waals surface area (Å²) in [4.78, 5) is 15.7.